The lowest BCUT2D eigenvalue weighted by Gasteiger charge is -2.18. The molecule has 1 fully saturated rings. The molecule has 0 radical (unpaired) electrons. The molecule has 0 N–H and O–H groups in total. The van der Waals surface area contributed by atoms with Crippen molar-refractivity contribution in [2.24, 2.45) is 0 Å². The van der Waals surface area contributed by atoms with Crippen LogP contribution in [-0.2, 0) is 17.8 Å². The third-order valence-corrected chi connectivity index (χ3v) is 4.05. The molecular weight excluding hydrogens is 224 g/mol. The van der Waals surface area contributed by atoms with Crippen LogP contribution in [-0.4, -0.2) is 15.3 Å². The van der Waals surface area contributed by atoms with Gasteiger partial charge in [-0.1, -0.05) is 24.4 Å². The summed E-state index contributed by atoms with van der Waals surface area (Å²) in [5.74, 6) is 1.89. The van der Waals surface area contributed by atoms with Crippen molar-refractivity contribution in [2.45, 2.75) is 51.0 Å². The Morgan fingerprint density at radius 1 is 1.25 bits per heavy atom. The summed E-state index contributed by atoms with van der Waals surface area (Å²) in [6, 6.07) is 0. The van der Waals surface area contributed by atoms with Gasteiger partial charge in [0.2, 0.25) is 0 Å². The van der Waals surface area contributed by atoms with Crippen molar-refractivity contribution in [3.8, 4) is 0 Å². The molecule has 0 spiro atoms. The number of hydrogen-bond donors (Lipinski definition) is 0. The van der Waals surface area contributed by atoms with E-state index in [1.54, 1.807) is 0 Å². The molecule has 1 aromatic rings. The molecule has 2 aliphatic rings. The normalized spacial score (nSPS) is 21.4. The van der Waals surface area contributed by atoms with Crippen LogP contribution in [0.25, 0.3) is 0 Å². The van der Waals surface area contributed by atoms with E-state index >= 15 is 0 Å². The monoisotopic (exact) mass is 238 g/mol. The molecule has 0 amide bonds. The SMILES string of the molecule is O=C1CCc2c(Cl)nc(C3CCCC3)n2C1. The van der Waals surface area contributed by atoms with Crippen LogP contribution in [0, 0.1) is 0 Å². The number of carbonyl (C=O) groups excluding carboxylic acids is 1. The van der Waals surface area contributed by atoms with Gasteiger partial charge >= 0.3 is 0 Å². The van der Waals surface area contributed by atoms with Crippen LogP contribution in [0.5, 0.6) is 0 Å². The summed E-state index contributed by atoms with van der Waals surface area (Å²) >= 11 is 6.15. The minimum absolute atomic E-state index is 0.306. The Bertz CT molecular complexity index is 432. The van der Waals surface area contributed by atoms with Gasteiger partial charge in [-0.2, -0.15) is 0 Å². The third kappa shape index (κ3) is 1.58. The Morgan fingerprint density at radius 2 is 2.00 bits per heavy atom. The molecule has 1 saturated carbocycles. The van der Waals surface area contributed by atoms with Gasteiger partial charge in [0, 0.05) is 12.3 Å². The van der Waals surface area contributed by atoms with E-state index in [0.717, 1.165) is 17.9 Å². The Balaban J connectivity index is 2.01. The maximum absolute atomic E-state index is 11.5. The molecule has 0 unspecified atom stereocenters. The molecule has 4 heteroatoms. The Morgan fingerprint density at radius 3 is 2.75 bits per heavy atom. The van der Waals surface area contributed by atoms with Crippen LogP contribution in [0.4, 0.5) is 0 Å². The van der Waals surface area contributed by atoms with E-state index in [2.05, 4.69) is 9.55 Å². The van der Waals surface area contributed by atoms with Crippen molar-refractivity contribution >= 4 is 17.4 Å². The first kappa shape index (κ1) is 10.3. The average Bonchev–Trinajstić information content (AvgIpc) is 2.86. The fourth-order valence-corrected chi connectivity index (χ4v) is 3.18. The lowest BCUT2D eigenvalue weighted by Crippen LogP contribution is -2.22. The smallest absolute Gasteiger partial charge is 0.152 e. The summed E-state index contributed by atoms with van der Waals surface area (Å²) in [6.07, 6.45) is 6.33. The Hall–Kier alpha value is -0.830. The fourth-order valence-electron chi connectivity index (χ4n) is 2.90. The highest BCUT2D eigenvalue weighted by molar-refractivity contribution is 6.30. The van der Waals surface area contributed by atoms with Crippen molar-refractivity contribution < 1.29 is 4.79 Å². The summed E-state index contributed by atoms with van der Waals surface area (Å²) in [5.41, 5.74) is 1.07. The van der Waals surface area contributed by atoms with Crippen LogP contribution in [0.1, 0.15) is 49.5 Å². The minimum Gasteiger partial charge on any atom is -0.323 e. The summed E-state index contributed by atoms with van der Waals surface area (Å²) in [4.78, 5) is 16.0. The predicted molar refractivity (Wildman–Crippen MR) is 61.8 cm³/mol. The zero-order chi connectivity index (χ0) is 11.1. The number of rotatable bonds is 1. The van der Waals surface area contributed by atoms with Gasteiger partial charge in [0.25, 0.3) is 0 Å². The van der Waals surface area contributed by atoms with Crippen LogP contribution in [0.15, 0.2) is 0 Å². The molecule has 86 valence electrons. The second-order valence-electron chi connectivity index (χ2n) is 4.81. The number of halogens is 1. The first-order valence-electron chi connectivity index (χ1n) is 6.02. The van der Waals surface area contributed by atoms with Gasteiger partial charge in [0.1, 0.15) is 5.82 Å². The summed E-state index contributed by atoms with van der Waals surface area (Å²) in [7, 11) is 0. The lowest BCUT2D eigenvalue weighted by molar-refractivity contribution is -0.120. The topological polar surface area (TPSA) is 34.9 Å². The number of fused-ring (bicyclic) bond motifs is 1. The zero-order valence-corrected chi connectivity index (χ0v) is 9.96. The van der Waals surface area contributed by atoms with Crippen molar-refractivity contribution in [3.05, 3.63) is 16.7 Å². The Labute approximate surface area is 99.8 Å². The highest BCUT2D eigenvalue weighted by atomic mass is 35.5. The highest BCUT2D eigenvalue weighted by Crippen LogP contribution is 2.36. The average molecular weight is 239 g/mol. The van der Waals surface area contributed by atoms with Gasteiger partial charge in [0.15, 0.2) is 10.9 Å². The van der Waals surface area contributed by atoms with Crippen LogP contribution in [0.2, 0.25) is 5.15 Å². The van der Waals surface area contributed by atoms with E-state index in [1.165, 1.54) is 25.7 Å². The number of Topliss-reactive ketones (excluding diaryl/α,β-unsaturated/α-hetero) is 1. The fraction of sp³-hybridized carbons (Fsp3) is 0.667. The first-order chi connectivity index (χ1) is 7.75. The van der Waals surface area contributed by atoms with Crippen molar-refractivity contribution in [1.29, 1.82) is 0 Å². The Kier molecular flexibility index (Phi) is 2.51. The van der Waals surface area contributed by atoms with Gasteiger partial charge in [-0.3, -0.25) is 4.79 Å². The maximum Gasteiger partial charge on any atom is 0.152 e. The molecule has 0 bridgehead atoms. The largest absolute Gasteiger partial charge is 0.323 e. The van der Waals surface area contributed by atoms with Crippen molar-refractivity contribution in [1.82, 2.24) is 9.55 Å². The molecule has 3 nitrogen and oxygen atoms in total. The van der Waals surface area contributed by atoms with E-state index in [-0.39, 0.29) is 0 Å². The quantitative estimate of drug-likeness (QED) is 0.754. The second-order valence-corrected chi connectivity index (χ2v) is 5.17. The summed E-state index contributed by atoms with van der Waals surface area (Å²) in [6.45, 7) is 0.487. The van der Waals surface area contributed by atoms with E-state index in [9.17, 15) is 4.79 Å². The first-order valence-corrected chi connectivity index (χ1v) is 6.40. The predicted octanol–water partition coefficient (Wildman–Crippen LogP) is 2.71. The third-order valence-electron chi connectivity index (χ3n) is 3.75. The number of nitrogens with zero attached hydrogens (tertiary/aromatic N) is 2. The van der Waals surface area contributed by atoms with Gasteiger partial charge in [-0.15, -0.1) is 0 Å². The van der Waals surface area contributed by atoms with Gasteiger partial charge in [0.05, 0.1) is 12.2 Å². The minimum atomic E-state index is 0.306. The summed E-state index contributed by atoms with van der Waals surface area (Å²) in [5, 5.41) is 0.620. The molecule has 0 saturated heterocycles. The number of imidazole rings is 1. The van der Waals surface area contributed by atoms with Gasteiger partial charge < -0.3 is 4.57 Å². The summed E-state index contributed by atoms with van der Waals surface area (Å²) < 4.78 is 2.07. The molecule has 16 heavy (non-hydrogen) atoms. The molecule has 2 heterocycles. The maximum atomic E-state index is 11.5. The zero-order valence-electron chi connectivity index (χ0n) is 9.21. The standard InChI is InChI=1S/C12H15ClN2O/c13-11-10-6-5-9(16)7-15(10)12(14-11)8-3-1-2-4-8/h8H,1-7H2. The van der Waals surface area contributed by atoms with Crippen molar-refractivity contribution in [3.63, 3.8) is 0 Å². The number of carbonyl (C=O) groups is 1. The van der Waals surface area contributed by atoms with Crippen molar-refractivity contribution in [2.75, 3.05) is 0 Å². The number of aromatic nitrogens is 2. The van der Waals surface area contributed by atoms with E-state index < -0.39 is 0 Å². The molecule has 0 atom stereocenters. The number of ketones is 1. The van der Waals surface area contributed by atoms with E-state index in [1.807, 2.05) is 0 Å². The lowest BCUT2D eigenvalue weighted by atomic mass is 10.1. The van der Waals surface area contributed by atoms with E-state index in [0.29, 0.717) is 29.8 Å². The molecule has 0 aromatic carbocycles. The highest BCUT2D eigenvalue weighted by Gasteiger charge is 2.28. The van der Waals surface area contributed by atoms with Gasteiger partial charge in [-0.05, 0) is 19.3 Å². The van der Waals surface area contributed by atoms with Gasteiger partial charge in [-0.25, -0.2) is 4.98 Å². The molecule has 1 aliphatic heterocycles. The molecule has 1 aromatic heterocycles. The van der Waals surface area contributed by atoms with Crippen LogP contribution >= 0.6 is 11.6 Å². The molecular formula is C12H15ClN2O. The molecule has 3 rings (SSSR count). The van der Waals surface area contributed by atoms with Crippen LogP contribution in [0.3, 0.4) is 0 Å². The van der Waals surface area contributed by atoms with E-state index in [4.69, 9.17) is 11.6 Å². The second kappa shape index (κ2) is 3.88. The number of hydrogen-bond acceptors (Lipinski definition) is 2. The van der Waals surface area contributed by atoms with Crippen LogP contribution < -0.4 is 0 Å². The molecule has 1 aliphatic carbocycles.